The highest BCUT2D eigenvalue weighted by Crippen LogP contribution is 2.20. The summed E-state index contributed by atoms with van der Waals surface area (Å²) in [5.41, 5.74) is 5.69. The van der Waals surface area contributed by atoms with Gasteiger partial charge < -0.3 is 10.6 Å². The van der Waals surface area contributed by atoms with Gasteiger partial charge in [0.15, 0.2) is 0 Å². The number of nitrogens with zero attached hydrogens (tertiary/aromatic N) is 1. The first-order valence-electron chi connectivity index (χ1n) is 8.99. The van der Waals surface area contributed by atoms with Crippen molar-refractivity contribution < 1.29 is 4.79 Å². The third kappa shape index (κ3) is 8.45. The van der Waals surface area contributed by atoms with E-state index in [-0.39, 0.29) is 0 Å². The van der Waals surface area contributed by atoms with Crippen LogP contribution in [0.4, 0.5) is 0 Å². The number of carbonyl (C=O) groups excluding carboxylic acids is 1. The first-order valence-corrected chi connectivity index (χ1v) is 8.99. The predicted octanol–water partition coefficient (Wildman–Crippen LogP) is 4.20. The molecule has 0 aliphatic rings. The first-order chi connectivity index (χ1) is 9.99. The van der Waals surface area contributed by atoms with Crippen LogP contribution in [-0.2, 0) is 4.79 Å². The minimum Gasteiger partial charge on any atom is -0.339 e. The molecule has 0 spiro atoms. The molecule has 0 fully saturated rings. The molecule has 0 saturated carbocycles. The van der Waals surface area contributed by atoms with Crippen LogP contribution in [0.15, 0.2) is 0 Å². The summed E-state index contributed by atoms with van der Waals surface area (Å²) >= 11 is 0. The van der Waals surface area contributed by atoms with E-state index in [1.807, 2.05) is 0 Å². The number of nitrogens with two attached hydrogens (primary N) is 1. The van der Waals surface area contributed by atoms with Crippen molar-refractivity contribution >= 4 is 5.91 Å². The topological polar surface area (TPSA) is 46.3 Å². The third-order valence-corrected chi connectivity index (χ3v) is 4.30. The minimum atomic E-state index is 0.343. The van der Waals surface area contributed by atoms with Crippen LogP contribution in [0.5, 0.6) is 0 Å². The smallest absolute Gasteiger partial charge is 0.222 e. The molecule has 3 nitrogen and oxygen atoms in total. The molecule has 0 heterocycles. The molecule has 2 N–H and O–H groups in total. The summed E-state index contributed by atoms with van der Waals surface area (Å²) in [6.45, 7) is 12.6. The lowest BCUT2D eigenvalue weighted by molar-refractivity contribution is -0.134. The highest BCUT2D eigenvalue weighted by Gasteiger charge is 2.22. The predicted molar refractivity (Wildman–Crippen MR) is 92.2 cm³/mol. The molecule has 0 aromatic rings. The summed E-state index contributed by atoms with van der Waals surface area (Å²) in [4.78, 5) is 14.8. The molecule has 126 valence electrons. The Morgan fingerprint density at radius 3 is 2.10 bits per heavy atom. The second-order valence-corrected chi connectivity index (χ2v) is 6.68. The Morgan fingerprint density at radius 2 is 1.67 bits per heavy atom. The second-order valence-electron chi connectivity index (χ2n) is 6.68. The number of carbonyl (C=O) groups is 1. The Bertz CT molecular complexity index is 256. The lowest BCUT2D eigenvalue weighted by Gasteiger charge is -2.32. The molecule has 0 aromatic heterocycles. The first kappa shape index (κ1) is 20.4. The van der Waals surface area contributed by atoms with Gasteiger partial charge in [0, 0.05) is 19.0 Å². The molecule has 3 heteroatoms. The average molecular weight is 299 g/mol. The van der Waals surface area contributed by atoms with Crippen molar-refractivity contribution in [2.45, 2.75) is 85.6 Å². The van der Waals surface area contributed by atoms with Gasteiger partial charge in [-0.3, -0.25) is 4.79 Å². The SMILES string of the molecule is CCCC(CCN)CCC(=O)N(CC(C)C)C(CC)CC. The van der Waals surface area contributed by atoms with Gasteiger partial charge in [-0.25, -0.2) is 0 Å². The zero-order chi connectivity index (χ0) is 16.3. The molecule has 0 aliphatic heterocycles. The Kier molecular flexibility index (Phi) is 11.7. The summed E-state index contributed by atoms with van der Waals surface area (Å²) in [5, 5.41) is 0. The van der Waals surface area contributed by atoms with Crippen molar-refractivity contribution in [3.05, 3.63) is 0 Å². The van der Waals surface area contributed by atoms with E-state index in [0.717, 1.165) is 38.8 Å². The molecular weight excluding hydrogens is 260 g/mol. The van der Waals surface area contributed by atoms with Crippen molar-refractivity contribution in [2.75, 3.05) is 13.1 Å². The van der Waals surface area contributed by atoms with Crippen LogP contribution in [0.25, 0.3) is 0 Å². The normalized spacial score (nSPS) is 13.0. The van der Waals surface area contributed by atoms with Crippen LogP contribution in [0.2, 0.25) is 0 Å². The van der Waals surface area contributed by atoms with Gasteiger partial charge in [0.25, 0.3) is 0 Å². The molecular formula is C18H38N2O. The van der Waals surface area contributed by atoms with Gasteiger partial charge in [-0.15, -0.1) is 0 Å². The van der Waals surface area contributed by atoms with Crippen LogP contribution in [0.1, 0.15) is 79.6 Å². The van der Waals surface area contributed by atoms with Gasteiger partial charge in [0.1, 0.15) is 0 Å². The Labute approximate surface area is 132 Å². The molecule has 1 atom stereocenters. The van der Waals surface area contributed by atoms with E-state index in [1.54, 1.807) is 0 Å². The number of rotatable bonds is 12. The van der Waals surface area contributed by atoms with Gasteiger partial charge in [0.05, 0.1) is 0 Å². The number of hydrogen-bond donors (Lipinski definition) is 1. The average Bonchev–Trinajstić information content (AvgIpc) is 2.44. The maximum absolute atomic E-state index is 12.6. The molecule has 1 unspecified atom stereocenters. The summed E-state index contributed by atoms with van der Waals surface area (Å²) in [6, 6.07) is 0.402. The van der Waals surface area contributed by atoms with Crippen molar-refractivity contribution in [1.29, 1.82) is 0 Å². The van der Waals surface area contributed by atoms with Crippen molar-refractivity contribution in [2.24, 2.45) is 17.6 Å². The van der Waals surface area contributed by atoms with Gasteiger partial charge in [0.2, 0.25) is 5.91 Å². The highest BCUT2D eigenvalue weighted by atomic mass is 16.2. The zero-order valence-corrected chi connectivity index (χ0v) is 15.0. The Hall–Kier alpha value is -0.570. The van der Waals surface area contributed by atoms with E-state index in [2.05, 4.69) is 39.5 Å². The van der Waals surface area contributed by atoms with Crippen LogP contribution in [0.3, 0.4) is 0 Å². The number of amides is 1. The van der Waals surface area contributed by atoms with Crippen molar-refractivity contribution in [3.63, 3.8) is 0 Å². The van der Waals surface area contributed by atoms with E-state index in [9.17, 15) is 4.79 Å². The van der Waals surface area contributed by atoms with Crippen molar-refractivity contribution in [3.8, 4) is 0 Å². The summed E-state index contributed by atoms with van der Waals surface area (Å²) in [6.07, 6.45) is 7.22. The largest absolute Gasteiger partial charge is 0.339 e. The van der Waals surface area contributed by atoms with E-state index in [0.29, 0.717) is 30.2 Å². The van der Waals surface area contributed by atoms with E-state index in [4.69, 9.17) is 5.73 Å². The molecule has 0 aliphatic carbocycles. The van der Waals surface area contributed by atoms with Gasteiger partial charge in [-0.2, -0.15) is 0 Å². The van der Waals surface area contributed by atoms with Gasteiger partial charge in [-0.1, -0.05) is 47.5 Å². The molecule has 0 radical (unpaired) electrons. The van der Waals surface area contributed by atoms with E-state index in [1.165, 1.54) is 12.8 Å². The Morgan fingerprint density at radius 1 is 1.05 bits per heavy atom. The standard InChI is InChI=1S/C18H38N2O/c1-6-9-16(12-13-19)10-11-18(21)20(14-15(4)5)17(7-2)8-3/h15-17H,6-14,19H2,1-5H3. The molecule has 21 heavy (non-hydrogen) atoms. The third-order valence-electron chi connectivity index (χ3n) is 4.30. The second kappa shape index (κ2) is 12.0. The summed E-state index contributed by atoms with van der Waals surface area (Å²) in [5.74, 6) is 1.49. The van der Waals surface area contributed by atoms with Gasteiger partial charge in [-0.05, 0) is 44.1 Å². The summed E-state index contributed by atoms with van der Waals surface area (Å²) in [7, 11) is 0. The van der Waals surface area contributed by atoms with Crippen LogP contribution in [-0.4, -0.2) is 29.9 Å². The maximum Gasteiger partial charge on any atom is 0.222 e. The molecule has 0 bridgehead atoms. The molecule has 0 aromatic carbocycles. The fraction of sp³-hybridized carbons (Fsp3) is 0.944. The Balaban J connectivity index is 4.57. The summed E-state index contributed by atoms with van der Waals surface area (Å²) < 4.78 is 0. The lowest BCUT2D eigenvalue weighted by atomic mass is 9.94. The fourth-order valence-corrected chi connectivity index (χ4v) is 3.13. The fourth-order valence-electron chi connectivity index (χ4n) is 3.13. The maximum atomic E-state index is 12.6. The highest BCUT2D eigenvalue weighted by molar-refractivity contribution is 5.76. The molecule has 0 rings (SSSR count). The minimum absolute atomic E-state index is 0.343. The van der Waals surface area contributed by atoms with E-state index >= 15 is 0 Å². The lowest BCUT2D eigenvalue weighted by Crippen LogP contribution is -2.42. The monoisotopic (exact) mass is 298 g/mol. The molecule has 1 amide bonds. The van der Waals surface area contributed by atoms with E-state index < -0.39 is 0 Å². The van der Waals surface area contributed by atoms with Crippen LogP contribution >= 0.6 is 0 Å². The van der Waals surface area contributed by atoms with Crippen LogP contribution < -0.4 is 5.73 Å². The molecule has 0 saturated heterocycles. The zero-order valence-electron chi connectivity index (χ0n) is 15.0. The van der Waals surface area contributed by atoms with Gasteiger partial charge >= 0.3 is 0 Å². The van der Waals surface area contributed by atoms with Crippen molar-refractivity contribution in [1.82, 2.24) is 4.90 Å². The number of hydrogen-bond acceptors (Lipinski definition) is 2. The van der Waals surface area contributed by atoms with Crippen LogP contribution in [0, 0.1) is 11.8 Å². The quantitative estimate of drug-likeness (QED) is 0.587.